The van der Waals surface area contributed by atoms with Gasteiger partial charge in [0.25, 0.3) is 7.82 Å². The average Bonchev–Trinajstić information content (AvgIpc) is 3.39. The van der Waals surface area contributed by atoms with Crippen LogP contribution in [0.3, 0.4) is 0 Å². The summed E-state index contributed by atoms with van der Waals surface area (Å²) in [6.07, 6.45) is 81.1. The molecule has 0 spiro atoms. The molecule has 9 nitrogen and oxygen atoms in total. The second kappa shape index (κ2) is 57.1. The Kier molecular flexibility index (Phi) is 54.4. The molecule has 0 rings (SSSR count). The summed E-state index contributed by atoms with van der Waals surface area (Å²) in [6.45, 7) is 4.08. The zero-order valence-corrected chi connectivity index (χ0v) is 50.8. The van der Waals surface area contributed by atoms with Crippen molar-refractivity contribution in [1.29, 1.82) is 0 Å². The molecule has 0 aromatic carbocycles. The molecule has 0 amide bonds. The number of esters is 2. The second-order valence-corrected chi connectivity index (χ2v) is 22.7. The summed E-state index contributed by atoms with van der Waals surface area (Å²) in [5.41, 5.74) is 0. The van der Waals surface area contributed by atoms with Crippen molar-refractivity contribution in [3.05, 3.63) is 122 Å². The van der Waals surface area contributed by atoms with Crippen LogP contribution < -0.4 is 4.89 Å². The molecule has 0 aliphatic rings. The smallest absolute Gasteiger partial charge is 0.306 e. The number of rotatable bonds is 55. The SMILES string of the molecule is CC/C=C\C/C=C\C/C=C\C/C=C\C/C=C\C/C=C\C/C=C\C/C=C\CCCCCCCCCCCCCCC(=O)OC(COC(=O)CCCCCCC/C=C\C/C=C\CCCCCC)COP(=O)([O-])OCC[N+](C)(C)C. The molecule has 0 fully saturated rings. The van der Waals surface area contributed by atoms with Crippen molar-refractivity contribution in [3.63, 3.8) is 0 Å². The molecule has 77 heavy (non-hydrogen) atoms. The van der Waals surface area contributed by atoms with E-state index in [1.54, 1.807) is 0 Å². The quantitative estimate of drug-likeness (QED) is 0.0195. The highest BCUT2D eigenvalue weighted by atomic mass is 31.2. The molecular formula is C67H114NO8P. The van der Waals surface area contributed by atoms with Gasteiger partial charge in [0, 0.05) is 12.8 Å². The Morgan fingerprint density at radius 3 is 1.10 bits per heavy atom. The van der Waals surface area contributed by atoms with Gasteiger partial charge in [0.2, 0.25) is 0 Å². The lowest BCUT2D eigenvalue weighted by atomic mass is 10.0. The number of hydrogen-bond acceptors (Lipinski definition) is 8. The molecule has 2 unspecified atom stereocenters. The number of nitrogens with zero attached hydrogens (tertiary/aromatic N) is 1. The van der Waals surface area contributed by atoms with E-state index in [0.717, 1.165) is 116 Å². The summed E-state index contributed by atoms with van der Waals surface area (Å²) in [7, 11) is 1.15. The highest BCUT2D eigenvalue weighted by Crippen LogP contribution is 2.38. The van der Waals surface area contributed by atoms with Gasteiger partial charge in [0.1, 0.15) is 19.8 Å². The zero-order valence-electron chi connectivity index (χ0n) is 49.9. The van der Waals surface area contributed by atoms with Crippen LogP contribution in [-0.4, -0.2) is 70.0 Å². The molecule has 0 aliphatic heterocycles. The first-order valence-electron chi connectivity index (χ1n) is 30.7. The van der Waals surface area contributed by atoms with Crippen LogP contribution in [-0.2, 0) is 32.7 Å². The van der Waals surface area contributed by atoms with Crippen molar-refractivity contribution in [2.45, 2.75) is 245 Å². The van der Waals surface area contributed by atoms with Crippen molar-refractivity contribution >= 4 is 19.8 Å². The molecule has 0 saturated heterocycles. The van der Waals surface area contributed by atoms with Crippen LogP contribution in [0.15, 0.2) is 122 Å². The Balaban J connectivity index is 4.10. The van der Waals surface area contributed by atoms with E-state index in [4.69, 9.17) is 18.5 Å². The Morgan fingerprint density at radius 2 is 0.740 bits per heavy atom. The fourth-order valence-electron chi connectivity index (χ4n) is 8.00. The third kappa shape index (κ3) is 61.5. The predicted molar refractivity (Wildman–Crippen MR) is 328 cm³/mol. The van der Waals surface area contributed by atoms with Gasteiger partial charge in [-0.05, 0) is 109 Å². The van der Waals surface area contributed by atoms with Gasteiger partial charge in [0.05, 0.1) is 27.7 Å². The first-order valence-corrected chi connectivity index (χ1v) is 32.2. The van der Waals surface area contributed by atoms with Gasteiger partial charge in [-0.15, -0.1) is 0 Å². The fourth-order valence-corrected chi connectivity index (χ4v) is 8.72. The van der Waals surface area contributed by atoms with Crippen LogP contribution >= 0.6 is 7.82 Å². The van der Waals surface area contributed by atoms with E-state index in [1.165, 1.54) is 83.5 Å². The number of carbonyl (C=O) groups excluding carboxylic acids is 2. The van der Waals surface area contributed by atoms with E-state index < -0.39 is 32.5 Å². The molecule has 0 aromatic heterocycles. The molecule has 2 atom stereocenters. The molecular weight excluding hydrogens is 978 g/mol. The summed E-state index contributed by atoms with van der Waals surface area (Å²) in [5, 5.41) is 0. The largest absolute Gasteiger partial charge is 0.756 e. The predicted octanol–water partition coefficient (Wildman–Crippen LogP) is 18.9. The number of carbonyl (C=O) groups is 2. The van der Waals surface area contributed by atoms with Crippen molar-refractivity contribution < 1.29 is 42.1 Å². The first kappa shape index (κ1) is 73.4. The molecule has 440 valence electrons. The average molecular weight is 1090 g/mol. The maximum absolute atomic E-state index is 12.8. The number of likely N-dealkylation sites (N-methyl/N-ethyl adjacent to an activating group) is 1. The number of ether oxygens (including phenoxy) is 2. The molecule has 0 radical (unpaired) electrons. The molecule has 10 heteroatoms. The normalized spacial score (nSPS) is 14.1. The van der Waals surface area contributed by atoms with Gasteiger partial charge < -0.3 is 27.9 Å². The minimum atomic E-state index is -4.65. The third-order valence-corrected chi connectivity index (χ3v) is 13.7. The molecule has 0 heterocycles. The van der Waals surface area contributed by atoms with Crippen LogP contribution in [0.25, 0.3) is 0 Å². The number of allylic oxidation sites excluding steroid dienone is 20. The van der Waals surface area contributed by atoms with Gasteiger partial charge in [-0.25, -0.2) is 0 Å². The Bertz CT molecular complexity index is 1710. The molecule has 0 saturated carbocycles. The topological polar surface area (TPSA) is 111 Å². The Morgan fingerprint density at radius 1 is 0.416 bits per heavy atom. The van der Waals surface area contributed by atoms with Gasteiger partial charge in [-0.2, -0.15) is 0 Å². The molecule has 0 aromatic rings. The van der Waals surface area contributed by atoms with E-state index >= 15 is 0 Å². The molecule has 0 N–H and O–H groups in total. The first-order chi connectivity index (χ1) is 37.5. The Labute approximate surface area is 473 Å². The van der Waals surface area contributed by atoms with Crippen molar-refractivity contribution in [2.24, 2.45) is 0 Å². The lowest BCUT2D eigenvalue weighted by Gasteiger charge is -2.28. The van der Waals surface area contributed by atoms with Gasteiger partial charge in [0.15, 0.2) is 6.10 Å². The summed E-state index contributed by atoms with van der Waals surface area (Å²) in [4.78, 5) is 37.9. The van der Waals surface area contributed by atoms with Crippen molar-refractivity contribution in [2.75, 3.05) is 47.5 Å². The summed E-state index contributed by atoms with van der Waals surface area (Å²) >= 11 is 0. The number of phosphoric ester groups is 1. The number of hydrogen-bond donors (Lipinski definition) is 0. The minimum Gasteiger partial charge on any atom is -0.756 e. The van der Waals surface area contributed by atoms with Gasteiger partial charge in [-0.3, -0.25) is 14.2 Å². The van der Waals surface area contributed by atoms with Gasteiger partial charge >= 0.3 is 11.9 Å². The molecule has 0 bridgehead atoms. The lowest BCUT2D eigenvalue weighted by Crippen LogP contribution is -2.37. The zero-order chi connectivity index (χ0) is 56.3. The fraction of sp³-hybridized carbons (Fsp3) is 0.672. The maximum atomic E-state index is 12.8. The van der Waals surface area contributed by atoms with Crippen molar-refractivity contribution in [3.8, 4) is 0 Å². The van der Waals surface area contributed by atoms with Crippen LogP contribution in [0.4, 0.5) is 0 Å². The number of unbranched alkanes of at least 4 members (excludes halogenated alkanes) is 21. The van der Waals surface area contributed by atoms with Crippen LogP contribution in [0.5, 0.6) is 0 Å². The summed E-state index contributed by atoms with van der Waals surface area (Å²) in [5.74, 6) is -0.856. The van der Waals surface area contributed by atoms with Gasteiger partial charge in [-0.1, -0.05) is 238 Å². The summed E-state index contributed by atoms with van der Waals surface area (Å²) in [6, 6.07) is 0. The van der Waals surface area contributed by atoms with E-state index in [2.05, 4.69) is 135 Å². The highest BCUT2D eigenvalue weighted by molar-refractivity contribution is 7.45. The van der Waals surface area contributed by atoms with Crippen LogP contribution in [0.2, 0.25) is 0 Å². The third-order valence-electron chi connectivity index (χ3n) is 12.7. The second-order valence-electron chi connectivity index (χ2n) is 21.3. The Hall–Kier alpha value is -3.59. The highest BCUT2D eigenvalue weighted by Gasteiger charge is 2.22. The van der Waals surface area contributed by atoms with E-state index in [-0.39, 0.29) is 26.1 Å². The maximum Gasteiger partial charge on any atom is 0.306 e. The molecule has 0 aliphatic carbocycles. The lowest BCUT2D eigenvalue weighted by molar-refractivity contribution is -0.870. The summed E-state index contributed by atoms with van der Waals surface area (Å²) < 4.78 is 34.1. The van der Waals surface area contributed by atoms with Crippen LogP contribution in [0.1, 0.15) is 239 Å². The van der Waals surface area contributed by atoms with Crippen molar-refractivity contribution in [1.82, 2.24) is 0 Å². The van der Waals surface area contributed by atoms with E-state index in [0.29, 0.717) is 23.9 Å². The van der Waals surface area contributed by atoms with E-state index in [9.17, 15) is 19.0 Å². The monoisotopic (exact) mass is 1090 g/mol. The van der Waals surface area contributed by atoms with Crippen LogP contribution in [0, 0.1) is 0 Å². The van der Waals surface area contributed by atoms with E-state index in [1.807, 2.05) is 21.1 Å². The number of phosphoric acid groups is 1. The standard InChI is InChI=1S/C67H114NO8P/c1-6-8-10-12-14-16-18-20-22-24-25-26-27-28-29-30-31-32-33-34-35-36-37-38-39-40-41-42-43-44-46-48-50-52-54-56-58-60-67(70)76-65(64-75-77(71,72)74-62-61-68(3,4)5)63-73-66(69)59-57-55-53-51-49-47-45-23-21-19-17-15-13-11-9-7-2/h8,10,14,16-17,19-20,22-23,25-26,28-29,31-32,34-35,37-38,45,65H,6-7,9,11-13,15,18,21,24,27,30,33,36,39-44,46-64H2,1-5H3/b10-8-,16-14-,19-17-,22-20-,26-25-,29-28-,32-31-,35-34-,38-37-,45-23-. The minimum absolute atomic E-state index is 0.0385. The number of quaternary nitrogens is 1.